The number of carboxylic acid groups (broad SMARTS) is 1. The lowest BCUT2D eigenvalue weighted by atomic mass is 9.94. The molecule has 0 bridgehead atoms. The smallest absolute Gasteiger partial charge is 0.328 e. The number of hydrogen-bond donors (Lipinski definition) is 4. The fraction of sp³-hybridized carbons (Fsp3) is 0.899. The number of ether oxygens (including phenoxy) is 7. The van der Waals surface area contributed by atoms with E-state index in [1.165, 1.54) is 89.9 Å². The number of carbonyl (C=O) groups is 8. The lowest BCUT2D eigenvalue weighted by Crippen LogP contribution is -2.63. The van der Waals surface area contributed by atoms with E-state index in [0.717, 1.165) is 161 Å². The van der Waals surface area contributed by atoms with Crippen molar-refractivity contribution in [3.05, 3.63) is 0 Å². The third-order valence-corrected chi connectivity index (χ3v) is 18.9. The van der Waals surface area contributed by atoms with Crippen LogP contribution in [0.15, 0.2) is 0 Å². The topological polar surface area (TPSA) is 266 Å². The molecule has 98 heavy (non-hydrogen) atoms. The standard InChI is InChI=1S/C79H144N2O17/c1-7-13-19-24-29-32-37-40-46-51-65(94-74(87)55-49-43-35-27-22-16-10-4)57-71(84)80-63-79(93-62-68(78(90)91)81-72(85)58-66(52-47-41-38-33-30-25-20-14-8-2)95-75(88)56-50-44-36-28-23-17-11-5)60-69(77(92-64-83)70(61-82)98-79)97-76(89)59-67(96-73(86)54-45-18-12-6)53-48-42-39-34-31-26-21-15-9-3/h64-70,77,82H,7-63H2,1-6H3,(H,80,84)(H,81,85)(H,90,91). The summed E-state index contributed by atoms with van der Waals surface area (Å²) in [6, 6.07) is -1.74. The second-order valence-electron chi connectivity index (χ2n) is 28.2. The second kappa shape index (κ2) is 63.6. The molecule has 0 aromatic carbocycles. The lowest BCUT2D eigenvalue weighted by Gasteiger charge is -2.46. The molecule has 1 heterocycles. The van der Waals surface area contributed by atoms with Crippen LogP contribution in [0.4, 0.5) is 0 Å². The number of aliphatic hydroxyl groups excluding tert-OH is 1. The highest BCUT2D eigenvalue weighted by Gasteiger charge is 2.52. The molecular formula is C79H144N2O17. The van der Waals surface area contributed by atoms with E-state index in [9.17, 15) is 48.6 Å². The highest BCUT2D eigenvalue weighted by atomic mass is 16.7. The fourth-order valence-electron chi connectivity index (χ4n) is 12.9. The summed E-state index contributed by atoms with van der Waals surface area (Å²) in [5.74, 6) is -6.94. The summed E-state index contributed by atoms with van der Waals surface area (Å²) in [5, 5.41) is 27.2. The Morgan fingerprint density at radius 2 is 0.776 bits per heavy atom. The van der Waals surface area contributed by atoms with Gasteiger partial charge in [-0.15, -0.1) is 0 Å². The molecule has 1 rings (SSSR count). The maximum Gasteiger partial charge on any atom is 0.328 e. The molecule has 19 nitrogen and oxygen atoms in total. The van der Waals surface area contributed by atoms with Crippen LogP contribution in [0.3, 0.4) is 0 Å². The molecular weight excluding hydrogens is 1250 g/mol. The minimum absolute atomic E-state index is 0.131. The van der Waals surface area contributed by atoms with Crippen LogP contribution in [0, 0.1) is 0 Å². The van der Waals surface area contributed by atoms with Crippen LogP contribution >= 0.6 is 0 Å². The molecule has 1 saturated heterocycles. The van der Waals surface area contributed by atoms with Crippen molar-refractivity contribution in [2.75, 3.05) is 19.8 Å². The van der Waals surface area contributed by atoms with E-state index in [2.05, 4.69) is 45.3 Å². The maximum absolute atomic E-state index is 14.4. The Bertz CT molecular complexity index is 2010. The molecule has 0 saturated carbocycles. The molecule has 2 amide bonds. The van der Waals surface area contributed by atoms with Gasteiger partial charge in [0.1, 0.15) is 30.5 Å². The monoisotopic (exact) mass is 1390 g/mol. The largest absolute Gasteiger partial charge is 0.480 e. The van der Waals surface area contributed by atoms with Crippen LogP contribution in [0.1, 0.15) is 388 Å². The number of carbonyl (C=O) groups excluding carboxylic acids is 7. The Morgan fingerprint density at radius 3 is 1.13 bits per heavy atom. The van der Waals surface area contributed by atoms with Crippen molar-refractivity contribution in [3.8, 4) is 0 Å². The van der Waals surface area contributed by atoms with Crippen molar-refractivity contribution in [1.29, 1.82) is 0 Å². The van der Waals surface area contributed by atoms with Crippen molar-refractivity contribution < 1.29 is 81.7 Å². The molecule has 1 fully saturated rings. The van der Waals surface area contributed by atoms with Gasteiger partial charge in [-0.05, 0) is 57.8 Å². The van der Waals surface area contributed by atoms with Crippen LogP contribution in [0.2, 0.25) is 0 Å². The molecule has 8 atom stereocenters. The van der Waals surface area contributed by atoms with E-state index in [1.54, 1.807) is 0 Å². The minimum atomic E-state index is -2.12. The summed E-state index contributed by atoms with van der Waals surface area (Å²) in [4.78, 5) is 108. The molecule has 0 spiro atoms. The second-order valence-corrected chi connectivity index (χ2v) is 28.2. The Balaban J connectivity index is 3.69. The first-order valence-electron chi connectivity index (χ1n) is 40.2. The Labute approximate surface area is 594 Å². The number of carboxylic acids is 1. The van der Waals surface area contributed by atoms with Gasteiger partial charge in [-0.25, -0.2) is 4.79 Å². The van der Waals surface area contributed by atoms with Gasteiger partial charge in [-0.3, -0.25) is 33.6 Å². The van der Waals surface area contributed by atoms with Crippen molar-refractivity contribution in [2.24, 2.45) is 0 Å². The highest BCUT2D eigenvalue weighted by molar-refractivity contribution is 5.84. The van der Waals surface area contributed by atoms with E-state index in [4.69, 9.17) is 33.2 Å². The molecule has 1 aliphatic heterocycles. The van der Waals surface area contributed by atoms with Crippen LogP contribution in [0.25, 0.3) is 0 Å². The summed E-state index contributed by atoms with van der Waals surface area (Å²) < 4.78 is 42.5. The van der Waals surface area contributed by atoms with Gasteiger partial charge in [-0.2, -0.15) is 0 Å². The van der Waals surface area contributed by atoms with Crippen molar-refractivity contribution in [2.45, 2.75) is 437 Å². The van der Waals surface area contributed by atoms with E-state index in [0.29, 0.717) is 51.4 Å². The molecule has 19 heteroatoms. The number of aliphatic carboxylic acids is 1. The van der Waals surface area contributed by atoms with Crippen molar-refractivity contribution in [3.63, 3.8) is 0 Å². The molecule has 572 valence electrons. The van der Waals surface area contributed by atoms with Gasteiger partial charge >= 0.3 is 29.8 Å². The van der Waals surface area contributed by atoms with Gasteiger partial charge < -0.3 is 54.0 Å². The zero-order valence-electron chi connectivity index (χ0n) is 62.9. The van der Waals surface area contributed by atoms with Crippen molar-refractivity contribution in [1.82, 2.24) is 10.6 Å². The molecule has 0 aromatic rings. The third-order valence-electron chi connectivity index (χ3n) is 18.9. The number of unbranched alkanes of at least 4 members (excludes halogenated alkanes) is 38. The predicted octanol–water partition coefficient (Wildman–Crippen LogP) is 18.1. The summed E-state index contributed by atoms with van der Waals surface area (Å²) in [6.07, 6.45) is 39.2. The van der Waals surface area contributed by atoms with Gasteiger partial charge in [0.2, 0.25) is 11.8 Å². The average molecular weight is 1390 g/mol. The van der Waals surface area contributed by atoms with Crippen LogP contribution < -0.4 is 10.6 Å². The Kier molecular flexibility index (Phi) is 59.4. The van der Waals surface area contributed by atoms with Gasteiger partial charge in [0.15, 0.2) is 17.9 Å². The minimum Gasteiger partial charge on any atom is -0.480 e. The summed E-state index contributed by atoms with van der Waals surface area (Å²) in [7, 11) is 0. The number of nitrogens with one attached hydrogen (secondary N) is 2. The van der Waals surface area contributed by atoms with Crippen LogP contribution in [-0.2, 0) is 71.5 Å². The zero-order valence-corrected chi connectivity index (χ0v) is 62.9. The number of rotatable bonds is 70. The molecule has 0 aliphatic carbocycles. The number of amides is 2. The predicted molar refractivity (Wildman–Crippen MR) is 387 cm³/mol. The number of hydrogen-bond acceptors (Lipinski definition) is 16. The quantitative estimate of drug-likeness (QED) is 0.0191. The first kappa shape index (κ1) is 91.7. The lowest BCUT2D eigenvalue weighted by molar-refractivity contribution is -0.322. The molecule has 1 aliphatic rings. The average Bonchev–Trinajstić information content (AvgIpc) is 0.783. The van der Waals surface area contributed by atoms with E-state index in [1.807, 2.05) is 6.92 Å². The summed E-state index contributed by atoms with van der Waals surface area (Å²) >= 11 is 0. The first-order valence-corrected chi connectivity index (χ1v) is 40.2. The van der Waals surface area contributed by atoms with Gasteiger partial charge in [0.25, 0.3) is 6.47 Å². The summed E-state index contributed by atoms with van der Waals surface area (Å²) in [5.41, 5.74) is 0. The van der Waals surface area contributed by atoms with Crippen LogP contribution in [-0.4, -0.2) is 127 Å². The Hall–Kier alpha value is -4.36. The summed E-state index contributed by atoms with van der Waals surface area (Å²) in [6.45, 7) is 10.9. The van der Waals surface area contributed by atoms with Gasteiger partial charge in [0, 0.05) is 25.7 Å². The number of esters is 4. The number of aliphatic hydroxyl groups is 1. The zero-order chi connectivity index (χ0) is 72.0. The fourth-order valence-corrected chi connectivity index (χ4v) is 12.9. The van der Waals surface area contributed by atoms with Gasteiger partial charge in [0.05, 0.1) is 39.0 Å². The SMILES string of the molecule is CCCCCCCCCCCC(CC(=O)NCC1(OCC(NC(=O)CC(CCCCCCCCCCC)OC(=O)CCCCCCCCC)C(=O)O)CC(OC(=O)CC(CCCCCCCCCCC)OC(=O)CCCCC)C(OC=O)C(CO)O1)OC(=O)CCCCCCCCC. The van der Waals surface area contributed by atoms with Crippen LogP contribution in [0.5, 0.6) is 0 Å². The van der Waals surface area contributed by atoms with Crippen molar-refractivity contribution >= 4 is 48.1 Å². The first-order chi connectivity index (χ1) is 47.6. The van der Waals surface area contributed by atoms with Gasteiger partial charge in [-0.1, -0.05) is 286 Å². The van der Waals surface area contributed by atoms with E-state index < -0.39 is 110 Å². The highest BCUT2D eigenvalue weighted by Crippen LogP contribution is 2.35. The normalized spacial score (nSPS) is 17.3. The van der Waals surface area contributed by atoms with E-state index in [-0.39, 0.29) is 51.0 Å². The third kappa shape index (κ3) is 50.1. The molecule has 0 radical (unpaired) electrons. The molecule has 0 aromatic heterocycles. The molecule has 4 N–H and O–H groups in total. The maximum atomic E-state index is 14.4. The molecule has 8 unspecified atom stereocenters. The Morgan fingerprint density at radius 1 is 0.449 bits per heavy atom. The van der Waals surface area contributed by atoms with E-state index >= 15 is 0 Å².